The second kappa shape index (κ2) is 6.22. The number of benzene rings is 1. The van der Waals surface area contributed by atoms with Crippen molar-refractivity contribution >= 4 is 17.3 Å². The van der Waals surface area contributed by atoms with Crippen LogP contribution in [0.3, 0.4) is 0 Å². The summed E-state index contributed by atoms with van der Waals surface area (Å²) in [5.41, 5.74) is 0.706. The molecule has 1 saturated heterocycles. The van der Waals surface area contributed by atoms with E-state index in [4.69, 9.17) is 5.26 Å². The van der Waals surface area contributed by atoms with Gasteiger partial charge >= 0.3 is 0 Å². The molecule has 2 rings (SSSR count). The highest BCUT2D eigenvalue weighted by atomic mass is 16.6. The molecule has 7 heteroatoms. The maximum Gasteiger partial charge on any atom is 0.293 e. The fourth-order valence-electron chi connectivity index (χ4n) is 2.43. The Bertz CT molecular complexity index is 601. The van der Waals surface area contributed by atoms with Gasteiger partial charge in [-0.2, -0.15) is 5.26 Å². The fourth-order valence-corrected chi connectivity index (χ4v) is 2.43. The molecule has 21 heavy (non-hydrogen) atoms. The molecule has 1 heterocycles. The van der Waals surface area contributed by atoms with E-state index < -0.39 is 4.92 Å². The minimum Gasteiger partial charge on any atom is -0.362 e. The van der Waals surface area contributed by atoms with E-state index in [1.54, 1.807) is 17.0 Å². The van der Waals surface area contributed by atoms with Crippen molar-refractivity contribution in [2.24, 2.45) is 0 Å². The summed E-state index contributed by atoms with van der Waals surface area (Å²) >= 11 is 0. The molecule has 0 N–H and O–H groups in total. The van der Waals surface area contributed by atoms with Gasteiger partial charge in [0.2, 0.25) is 5.91 Å². The summed E-state index contributed by atoms with van der Waals surface area (Å²) in [7, 11) is 0. The Hall–Kier alpha value is -2.62. The average molecular weight is 288 g/mol. The van der Waals surface area contributed by atoms with Crippen molar-refractivity contribution in [2.45, 2.75) is 13.3 Å². The molecule has 0 saturated carbocycles. The predicted molar refractivity (Wildman–Crippen MR) is 76.9 cm³/mol. The second-order valence-electron chi connectivity index (χ2n) is 4.79. The molecule has 1 aromatic carbocycles. The quantitative estimate of drug-likeness (QED) is 0.621. The van der Waals surface area contributed by atoms with Gasteiger partial charge in [-0.05, 0) is 12.1 Å². The van der Waals surface area contributed by atoms with Crippen molar-refractivity contribution in [3.05, 3.63) is 33.9 Å². The molecule has 0 aromatic heterocycles. The zero-order valence-corrected chi connectivity index (χ0v) is 11.8. The second-order valence-corrected chi connectivity index (χ2v) is 4.79. The van der Waals surface area contributed by atoms with Crippen molar-refractivity contribution in [2.75, 3.05) is 31.1 Å². The van der Waals surface area contributed by atoms with Crippen LogP contribution in [0.15, 0.2) is 18.2 Å². The Morgan fingerprint density at radius 3 is 2.57 bits per heavy atom. The van der Waals surface area contributed by atoms with Gasteiger partial charge in [0.1, 0.15) is 5.69 Å². The minimum atomic E-state index is -0.472. The third-order valence-corrected chi connectivity index (χ3v) is 3.58. The molecule has 1 fully saturated rings. The van der Waals surface area contributed by atoms with Crippen LogP contribution in [0.4, 0.5) is 11.4 Å². The predicted octanol–water partition coefficient (Wildman–Crippen LogP) is 1.53. The van der Waals surface area contributed by atoms with Gasteiger partial charge < -0.3 is 9.80 Å². The summed E-state index contributed by atoms with van der Waals surface area (Å²) in [6.45, 7) is 4.05. The molecular weight excluding hydrogens is 272 g/mol. The number of rotatable bonds is 3. The Labute approximate surface area is 122 Å². The first kappa shape index (κ1) is 14.8. The van der Waals surface area contributed by atoms with E-state index in [0.717, 1.165) is 0 Å². The molecule has 1 amide bonds. The van der Waals surface area contributed by atoms with Crippen LogP contribution in [0, 0.1) is 21.4 Å². The number of hydrogen-bond acceptors (Lipinski definition) is 5. The van der Waals surface area contributed by atoms with E-state index in [1.165, 1.54) is 6.07 Å². The molecule has 0 aliphatic carbocycles. The molecule has 1 aliphatic rings. The van der Waals surface area contributed by atoms with Crippen LogP contribution in [0.1, 0.15) is 18.9 Å². The molecule has 7 nitrogen and oxygen atoms in total. The van der Waals surface area contributed by atoms with Crippen LogP contribution in [0.25, 0.3) is 0 Å². The number of nitro benzene ring substituents is 1. The first-order valence-corrected chi connectivity index (χ1v) is 6.78. The van der Waals surface area contributed by atoms with Crippen molar-refractivity contribution < 1.29 is 9.72 Å². The lowest BCUT2D eigenvalue weighted by Gasteiger charge is -2.35. The molecule has 1 aliphatic heterocycles. The zero-order chi connectivity index (χ0) is 15.4. The number of piperazine rings is 1. The molecule has 0 unspecified atom stereocenters. The van der Waals surface area contributed by atoms with Crippen molar-refractivity contribution in [3.8, 4) is 6.07 Å². The smallest absolute Gasteiger partial charge is 0.293 e. The van der Waals surface area contributed by atoms with Crippen molar-refractivity contribution in [3.63, 3.8) is 0 Å². The third-order valence-electron chi connectivity index (χ3n) is 3.58. The van der Waals surface area contributed by atoms with Crippen molar-refractivity contribution in [1.82, 2.24) is 4.90 Å². The van der Waals surface area contributed by atoms with E-state index in [0.29, 0.717) is 38.3 Å². The summed E-state index contributed by atoms with van der Waals surface area (Å²) in [5.74, 6) is 0.101. The SMILES string of the molecule is CCC(=O)N1CCN(c2ccc(C#N)cc2[N+](=O)[O-])CC1. The Kier molecular flexibility index (Phi) is 4.38. The van der Waals surface area contributed by atoms with Crippen LogP contribution in [0.5, 0.6) is 0 Å². The number of carbonyl (C=O) groups is 1. The van der Waals surface area contributed by atoms with Crippen molar-refractivity contribution in [1.29, 1.82) is 5.26 Å². The van der Waals surface area contributed by atoms with Gasteiger partial charge in [-0.3, -0.25) is 14.9 Å². The van der Waals surface area contributed by atoms with E-state index in [9.17, 15) is 14.9 Å². The van der Waals surface area contributed by atoms with E-state index in [2.05, 4.69) is 0 Å². The molecule has 0 atom stereocenters. The van der Waals surface area contributed by atoms with Crippen LogP contribution in [0.2, 0.25) is 0 Å². The van der Waals surface area contributed by atoms with Crippen LogP contribution in [-0.4, -0.2) is 41.9 Å². The highest BCUT2D eigenvalue weighted by Crippen LogP contribution is 2.29. The fraction of sp³-hybridized carbons (Fsp3) is 0.429. The van der Waals surface area contributed by atoms with E-state index in [1.807, 2.05) is 17.9 Å². The molecule has 1 aromatic rings. The summed E-state index contributed by atoms with van der Waals surface area (Å²) in [4.78, 5) is 26.0. The highest BCUT2D eigenvalue weighted by molar-refractivity contribution is 5.76. The first-order valence-electron chi connectivity index (χ1n) is 6.78. The lowest BCUT2D eigenvalue weighted by Crippen LogP contribution is -2.48. The number of nitriles is 1. The Morgan fingerprint density at radius 1 is 1.38 bits per heavy atom. The average Bonchev–Trinajstić information content (AvgIpc) is 2.53. The monoisotopic (exact) mass is 288 g/mol. The molecule has 0 bridgehead atoms. The molecular formula is C14H16N4O3. The topological polar surface area (TPSA) is 90.5 Å². The lowest BCUT2D eigenvalue weighted by atomic mass is 10.1. The zero-order valence-electron chi connectivity index (χ0n) is 11.8. The highest BCUT2D eigenvalue weighted by Gasteiger charge is 2.25. The number of hydrogen-bond donors (Lipinski definition) is 0. The van der Waals surface area contributed by atoms with Crippen LogP contribution in [-0.2, 0) is 4.79 Å². The van der Waals surface area contributed by atoms with Gasteiger partial charge in [-0.1, -0.05) is 6.92 Å². The standard InChI is InChI=1S/C14H16N4O3/c1-2-14(19)17-7-5-16(6-8-17)12-4-3-11(10-15)9-13(12)18(20)21/h3-4,9H,2,5-8H2,1H3. The van der Waals surface area contributed by atoms with Crippen LogP contribution >= 0.6 is 0 Å². The number of amides is 1. The Morgan fingerprint density at radius 2 is 2.05 bits per heavy atom. The van der Waals surface area contributed by atoms with E-state index >= 15 is 0 Å². The summed E-state index contributed by atoms with van der Waals surface area (Å²) in [5, 5.41) is 20.0. The van der Waals surface area contributed by atoms with Gasteiger partial charge in [0, 0.05) is 38.7 Å². The van der Waals surface area contributed by atoms with Gasteiger partial charge in [0.25, 0.3) is 5.69 Å². The largest absolute Gasteiger partial charge is 0.362 e. The lowest BCUT2D eigenvalue weighted by molar-refractivity contribution is -0.384. The summed E-state index contributed by atoms with van der Waals surface area (Å²) in [6.07, 6.45) is 0.469. The third kappa shape index (κ3) is 3.11. The van der Waals surface area contributed by atoms with Crippen LogP contribution < -0.4 is 4.90 Å². The van der Waals surface area contributed by atoms with Gasteiger partial charge in [-0.15, -0.1) is 0 Å². The van der Waals surface area contributed by atoms with Gasteiger partial charge in [0.05, 0.1) is 16.6 Å². The number of carbonyl (C=O) groups excluding carboxylic acids is 1. The van der Waals surface area contributed by atoms with Gasteiger partial charge in [-0.25, -0.2) is 0 Å². The Balaban J connectivity index is 2.19. The first-order chi connectivity index (χ1) is 10.1. The summed E-state index contributed by atoms with van der Waals surface area (Å²) < 4.78 is 0. The minimum absolute atomic E-state index is 0.0654. The number of anilines is 1. The molecule has 0 spiro atoms. The molecule has 110 valence electrons. The maximum atomic E-state index is 11.6. The normalized spacial score (nSPS) is 14.7. The summed E-state index contributed by atoms with van der Waals surface area (Å²) in [6, 6.07) is 6.38. The van der Waals surface area contributed by atoms with Gasteiger partial charge in [0.15, 0.2) is 0 Å². The van der Waals surface area contributed by atoms with E-state index in [-0.39, 0.29) is 17.2 Å². The number of nitro groups is 1. The molecule has 0 radical (unpaired) electrons. The maximum absolute atomic E-state index is 11.6. The number of nitrogens with zero attached hydrogens (tertiary/aromatic N) is 4.